The summed E-state index contributed by atoms with van der Waals surface area (Å²) in [6, 6.07) is 2.27. The molecule has 170 valence electrons. The number of hydrogen-bond donors (Lipinski definition) is 2. The summed E-state index contributed by atoms with van der Waals surface area (Å²) in [5, 5.41) is 9.35. The standard InChI is InChI=1S/C21H32N6O4/c1-21(2,3)31-20(29)27-10-8-26(9-11-27)19-24-17-16(30-19)12-15(22)18(23-17)25-6-4-14(13-28)5-7-25/h12,14,28H,4-11,13,22H2,1-3H3. The van der Waals surface area contributed by atoms with E-state index in [2.05, 4.69) is 14.9 Å². The van der Waals surface area contributed by atoms with Crippen molar-refractivity contribution in [1.82, 2.24) is 14.9 Å². The van der Waals surface area contributed by atoms with Crippen molar-refractivity contribution in [3.63, 3.8) is 0 Å². The highest BCUT2D eigenvalue weighted by Gasteiger charge is 2.28. The van der Waals surface area contributed by atoms with E-state index in [-0.39, 0.29) is 12.7 Å². The highest BCUT2D eigenvalue weighted by molar-refractivity contribution is 5.80. The summed E-state index contributed by atoms with van der Waals surface area (Å²) < 4.78 is 11.4. The van der Waals surface area contributed by atoms with Gasteiger partial charge in [-0.1, -0.05) is 0 Å². The van der Waals surface area contributed by atoms with E-state index < -0.39 is 5.60 Å². The molecule has 10 heteroatoms. The second-order valence-corrected chi connectivity index (χ2v) is 9.29. The van der Waals surface area contributed by atoms with Gasteiger partial charge in [0.2, 0.25) is 5.65 Å². The van der Waals surface area contributed by atoms with Crippen molar-refractivity contribution in [3.05, 3.63) is 6.07 Å². The number of pyridine rings is 1. The third-order valence-electron chi connectivity index (χ3n) is 5.75. The van der Waals surface area contributed by atoms with E-state index in [9.17, 15) is 9.90 Å². The fraction of sp³-hybridized carbons (Fsp3) is 0.667. The largest absolute Gasteiger partial charge is 0.444 e. The molecule has 4 heterocycles. The molecule has 2 aromatic heterocycles. The number of piperazine rings is 1. The fourth-order valence-electron chi connectivity index (χ4n) is 3.98. The number of oxazole rings is 1. The number of ether oxygens (including phenoxy) is 1. The Hall–Kier alpha value is -2.75. The molecule has 0 radical (unpaired) electrons. The van der Waals surface area contributed by atoms with Gasteiger partial charge in [-0.05, 0) is 39.5 Å². The summed E-state index contributed by atoms with van der Waals surface area (Å²) in [4.78, 5) is 27.4. The summed E-state index contributed by atoms with van der Waals surface area (Å²) in [6.07, 6.45) is 1.54. The van der Waals surface area contributed by atoms with Crippen LogP contribution in [0.5, 0.6) is 0 Å². The van der Waals surface area contributed by atoms with E-state index in [1.807, 2.05) is 25.7 Å². The maximum atomic E-state index is 12.3. The molecule has 2 saturated heterocycles. The number of aliphatic hydroxyl groups excluding tert-OH is 1. The van der Waals surface area contributed by atoms with Crippen molar-refractivity contribution in [2.75, 3.05) is 61.4 Å². The van der Waals surface area contributed by atoms with Crippen LogP contribution < -0.4 is 15.5 Å². The lowest BCUT2D eigenvalue weighted by molar-refractivity contribution is 0.0239. The van der Waals surface area contributed by atoms with Gasteiger partial charge in [-0.3, -0.25) is 0 Å². The second-order valence-electron chi connectivity index (χ2n) is 9.29. The maximum Gasteiger partial charge on any atom is 0.410 e. The zero-order valence-corrected chi connectivity index (χ0v) is 18.5. The van der Waals surface area contributed by atoms with Gasteiger partial charge in [-0.2, -0.15) is 4.98 Å². The van der Waals surface area contributed by atoms with Crippen LogP contribution in [0.25, 0.3) is 11.2 Å². The lowest BCUT2D eigenvalue weighted by atomic mass is 9.98. The normalized spacial score (nSPS) is 18.6. The van der Waals surface area contributed by atoms with E-state index in [1.54, 1.807) is 11.0 Å². The summed E-state index contributed by atoms with van der Waals surface area (Å²) >= 11 is 0. The van der Waals surface area contributed by atoms with E-state index in [0.717, 1.165) is 31.7 Å². The number of piperidine rings is 1. The minimum Gasteiger partial charge on any atom is -0.444 e. The lowest BCUT2D eigenvalue weighted by Crippen LogP contribution is -2.50. The minimum absolute atomic E-state index is 0.226. The predicted octanol–water partition coefficient (Wildman–Crippen LogP) is 2.07. The van der Waals surface area contributed by atoms with E-state index in [0.29, 0.717) is 55.0 Å². The third-order valence-corrected chi connectivity index (χ3v) is 5.75. The van der Waals surface area contributed by atoms with Crippen LogP contribution in [0.1, 0.15) is 33.6 Å². The van der Waals surface area contributed by atoms with Gasteiger partial charge >= 0.3 is 6.09 Å². The molecule has 0 saturated carbocycles. The van der Waals surface area contributed by atoms with E-state index >= 15 is 0 Å². The highest BCUT2D eigenvalue weighted by Crippen LogP contribution is 2.31. The van der Waals surface area contributed by atoms with Gasteiger partial charge in [0.25, 0.3) is 6.01 Å². The molecule has 0 unspecified atom stereocenters. The quantitative estimate of drug-likeness (QED) is 0.750. The molecule has 2 aliphatic rings. The Balaban J connectivity index is 1.44. The molecule has 10 nitrogen and oxygen atoms in total. The third kappa shape index (κ3) is 4.79. The average Bonchev–Trinajstić information content (AvgIpc) is 3.15. The van der Waals surface area contributed by atoms with Crippen molar-refractivity contribution in [1.29, 1.82) is 0 Å². The molecule has 31 heavy (non-hydrogen) atoms. The first kappa shape index (κ1) is 21.5. The van der Waals surface area contributed by atoms with Crippen molar-refractivity contribution in [2.45, 2.75) is 39.2 Å². The Kier molecular flexibility index (Phi) is 5.83. The topological polar surface area (TPSA) is 121 Å². The van der Waals surface area contributed by atoms with Gasteiger partial charge in [0, 0.05) is 51.9 Å². The molecule has 0 spiro atoms. The first-order valence-electron chi connectivity index (χ1n) is 10.9. The Morgan fingerprint density at radius 1 is 1.16 bits per heavy atom. The number of rotatable bonds is 3. The maximum absolute atomic E-state index is 12.3. The van der Waals surface area contributed by atoms with Crippen molar-refractivity contribution in [3.8, 4) is 0 Å². The second kappa shape index (κ2) is 8.41. The Morgan fingerprint density at radius 2 is 1.84 bits per heavy atom. The first-order valence-corrected chi connectivity index (χ1v) is 10.9. The molecule has 3 N–H and O–H groups in total. The summed E-state index contributed by atoms with van der Waals surface area (Å²) in [5.74, 6) is 1.07. The van der Waals surface area contributed by atoms with Crippen LogP contribution in [-0.4, -0.2) is 77.5 Å². The molecular weight excluding hydrogens is 400 g/mol. The number of carbonyl (C=O) groups excluding carboxylic acids is 1. The van der Waals surface area contributed by atoms with Crippen molar-refractivity contribution in [2.24, 2.45) is 5.92 Å². The summed E-state index contributed by atoms with van der Waals surface area (Å²) in [5.41, 5.74) is 7.39. The highest BCUT2D eigenvalue weighted by atomic mass is 16.6. The van der Waals surface area contributed by atoms with Crippen LogP contribution >= 0.6 is 0 Å². The van der Waals surface area contributed by atoms with Gasteiger partial charge in [-0.25, -0.2) is 9.78 Å². The molecule has 2 aliphatic heterocycles. The van der Waals surface area contributed by atoms with Gasteiger partial charge < -0.3 is 34.7 Å². The number of aromatic nitrogens is 2. The van der Waals surface area contributed by atoms with Gasteiger partial charge in [0.15, 0.2) is 11.4 Å². The number of fused-ring (bicyclic) bond motifs is 1. The van der Waals surface area contributed by atoms with Crippen molar-refractivity contribution >= 4 is 34.8 Å². The van der Waals surface area contributed by atoms with E-state index in [1.165, 1.54) is 0 Å². The number of nitrogens with two attached hydrogens (primary N) is 1. The number of nitrogens with zero attached hydrogens (tertiary/aromatic N) is 5. The smallest absolute Gasteiger partial charge is 0.410 e. The molecule has 0 bridgehead atoms. The number of nitrogen functional groups attached to an aromatic ring is 1. The monoisotopic (exact) mass is 432 g/mol. The molecule has 0 aliphatic carbocycles. The zero-order valence-electron chi connectivity index (χ0n) is 18.5. The summed E-state index contributed by atoms with van der Waals surface area (Å²) in [6.45, 7) is 9.71. The molecule has 1 amide bonds. The number of hydrogen-bond acceptors (Lipinski definition) is 9. The molecule has 0 atom stereocenters. The van der Waals surface area contributed by atoms with Crippen molar-refractivity contribution < 1.29 is 19.1 Å². The number of amides is 1. The molecule has 2 aromatic rings. The Labute approximate surface area is 181 Å². The summed E-state index contributed by atoms with van der Waals surface area (Å²) in [7, 11) is 0. The SMILES string of the molecule is CC(C)(C)OC(=O)N1CCN(c2nc3nc(N4CCC(CO)CC4)c(N)cc3o2)CC1. The van der Waals surface area contributed by atoms with Gasteiger partial charge in [0.05, 0.1) is 5.69 Å². The minimum atomic E-state index is -0.509. The number of anilines is 3. The van der Waals surface area contributed by atoms with Crippen LogP contribution in [0.15, 0.2) is 10.5 Å². The van der Waals surface area contributed by atoms with E-state index in [4.69, 9.17) is 14.9 Å². The zero-order chi connectivity index (χ0) is 22.2. The van der Waals surface area contributed by atoms with Gasteiger partial charge in [-0.15, -0.1) is 0 Å². The molecular formula is C21H32N6O4. The average molecular weight is 433 g/mol. The van der Waals surface area contributed by atoms with Crippen LogP contribution in [0.2, 0.25) is 0 Å². The predicted molar refractivity (Wildman–Crippen MR) is 118 cm³/mol. The van der Waals surface area contributed by atoms with Crippen LogP contribution in [0.4, 0.5) is 22.3 Å². The molecule has 4 rings (SSSR count). The van der Waals surface area contributed by atoms with Crippen LogP contribution in [-0.2, 0) is 4.74 Å². The van der Waals surface area contributed by atoms with Crippen LogP contribution in [0.3, 0.4) is 0 Å². The Bertz CT molecular complexity index is 924. The van der Waals surface area contributed by atoms with Crippen LogP contribution in [0, 0.1) is 5.92 Å². The lowest BCUT2D eigenvalue weighted by Gasteiger charge is -2.34. The molecule has 0 aromatic carbocycles. The molecule has 2 fully saturated rings. The fourth-order valence-corrected chi connectivity index (χ4v) is 3.98. The first-order chi connectivity index (χ1) is 14.7. The Morgan fingerprint density at radius 3 is 2.45 bits per heavy atom. The number of carbonyl (C=O) groups is 1. The van der Waals surface area contributed by atoms with Gasteiger partial charge in [0.1, 0.15) is 5.60 Å². The number of aliphatic hydroxyl groups is 1.